The van der Waals surface area contributed by atoms with Crippen molar-refractivity contribution < 1.29 is 0 Å². The van der Waals surface area contributed by atoms with E-state index in [0.29, 0.717) is 6.54 Å². The van der Waals surface area contributed by atoms with Gasteiger partial charge in [-0.1, -0.05) is 6.92 Å². The molecule has 2 aromatic rings. The summed E-state index contributed by atoms with van der Waals surface area (Å²) < 4.78 is 2.93. The van der Waals surface area contributed by atoms with Crippen LogP contribution >= 0.6 is 0 Å². The molecule has 0 spiro atoms. The average molecular weight is 249 g/mol. The number of nitrogens with two attached hydrogens (primary N) is 1. The first-order valence-electron chi connectivity index (χ1n) is 5.66. The lowest BCUT2D eigenvalue weighted by molar-refractivity contribution is 0.641. The third kappa shape index (κ3) is 2.15. The molecule has 0 saturated carbocycles. The van der Waals surface area contributed by atoms with Gasteiger partial charge in [0.2, 0.25) is 0 Å². The molecule has 0 saturated heterocycles. The summed E-state index contributed by atoms with van der Waals surface area (Å²) >= 11 is 0. The van der Waals surface area contributed by atoms with Crippen LogP contribution in [0, 0.1) is 0 Å². The van der Waals surface area contributed by atoms with Gasteiger partial charge in [0.05, 0.1) is 0 Å². The van der Waals surface area contributed by atoms with E-state index >= 15 is 0 Å². The van der Waals surface area contributed by atoms with Crippen LogP contribution in [0.15, 0.2) is 34.1 Å². The molecular weight excluding hydrogens is 234 g/mol. The minimum atomic E-state index is -0.529. The molecule has 0 aliphatic heterocycles. The standard InChI is InChI=1S/C11H15N5O2/c1-2-5-16-9(12)8(10(17)13-11(16)18)14-15-6-3-4-7-15/h3-4,6-7,14H,2,5,12H2,1H3,(H,13,17,18). The predicted molar refractivity (Wildman–Crippen MR) is 69.5 cm³/mol. The van der Waals surface area contributed by atoms with Gasteiger partial charge < -0.3 is 5.73 Å². The lowest BCUT2D eigenvalue weighted by Gasteiger charge is -2.13. The largest absolute Gasteiger partial charge is 0.383 e. The SMILES string of the molecule is CCCn1c(N)c(Nn2cccc2)c(=O)[nH]c1=O. The third-order valence-corrected chi connectivity index (χ3v) is 2.53. The Balaban J connectivity index is 2.50. The molecule has 96 valence electrons. The number of rotatable bonds is 4. The van der Waals surface area contributed by atoms with E-state index < -0.39 is 11.2 Å². The van der Waals surface area contributed by atoms with E-state index in [-0.39, 0.29) is 11.5 Å². The molecule has 0 aliphatic rings. The molecule has 7 nitrogen and oxygen atoms in total. The number of aromatic amines is 1. The monoisotopic (exact) mass is 249 g/mol. The fourth-order valence-electron chi connectivity index (χ4n) is 1.68. The maximum atomic E-state index is 11.7. The van der Waals surface area contributed by atoms with Gasteiger partial charge >= 0.3 is 5.69 Å². The Bertz CT molecular complexity index is 638. The molecule has 0 atom stereocenters. The second-order valence-electron chi connectivity index (χ2n) is 3.87. The molecule has 2 rings (SSSR count). The van der Waals surface area contributed by atoms with Crippen LogP contribution in [0.4, 0.5) is 11.5 Å². The molecule has 0 radical (unpaired) electrons. The molecule has 0 aromatic carbocycles. The topological polar surface area (TPSA) is 97.8 Å². The Morgan fingerprint density at radius 1 is 1.33 bits per heavy atom. The van der Waals surface area contributed by atoms with Crippen molar-refractivity contribution in [1.29, 1.82) is 0 Å². The fraction of sp³-hybridized carbons (Fsp3) is 0.273. The summed E-state index contributed by atoms with van der Waals surface area (Å²) in [5.41, 5.74) is 7.84. The lowest BCUT2D eigenvalue weighted by atomic mass is 10.4. The van der Waals surface area contributed by atoms with E-state index in [2.05, 4.69) is 10.4 Å². The summed E-state index contributed by atoms with van der Waals surface area (Å²) in [6.07, 6.45) is 4.21. The Kier molecular flexibility index (Phi) is 3.22. The predicted octanol–water partition coefficient (Wildman–Crippen LogP) is 0.205. The first-order valence-corrected chi connectivity index (χ1v) is 5.66. The summed E-state index contributed by atoms with van der Waals surface area (Å²) in [4.78, 5) is 25.6. The van der Waals surface area contributed by atoms with Crippen molar-refractivity contribution in [2.45, 2.75) is 19.9 Å². The van der Waals surface area contributed by atoms with Gasteiger partial charge in [-0.2, -0.15) is 0 Å². The molecule has 0 fully saturated rings. The number of hydrogen-bond donors (Lipinski definition) is 3. The van der Waals surface area contributed by atoms with Gasteiger partial charge in [-0.25, -0.2) is 4.79 Å². The molecule has 0 unspecified atom stereocenters. The average Bonchev–Trinajstić information content (AvgIpc) is 2.83. The zero-order valence-electron chi connectivity index (χ0n) is 10.0. The number of nitrogen functional groups attached to an aromatic ring is 1. The first-order chi connectivity index (χ1) is 8.63. The zero-order valence-corrected chi connectivity index (χ0v) is 10.0. The highest BCUT2D eigenvalue weighted by molar-refractivity contribution is 5.60. The highest BCUT2D eigenvalue weighted by Crippen LogP contribution is 2.10. The molecule has 2 heterocycles. The third-order valence-electron chi connectivity index (χ3n) is 2.53. The van der Waals surface area contributed by atoms with E-state index in [1.54, 1.807) is 29.2 Å². The molecule has 0 amide bonds. The molecule has 4 N–H and O–H groups in total. The minimum Gasteiger partial charge on any atom is -0.383 e. The quantitative estimate of drug-likeness (QED) is 0.721. The molecule has 0 bridgehead atoms. The van der Waals surface area contributed by atoms with Crippen molar-refractivity contribution in [1.82, 2.24) is 14.2 Å². The van der Waals surface area contributed by atoms with E-state index in [1.807, 2.05) is 6.92 Å². The number of hydrogen-bond acceptors (Lipinski definition) is 4. The van der Waals surface area contributed by atoms with Gasteiger partial charge in [-0.05, 0) is 18.6 Å². The Hall–Kier alpha value is -2.44. The summed E-state index contributed by atoms with van der Waals surface area (Å²) in [6, 6.07) is 3.61. The van der Waals surface area contributed by atoms with Crippen molar-refractivity contribution in [3.05, 3.63) is 45.4 Å². The van der Waals surface area contributed by atoms with Crippen LogP contribution in [0.1, 0.15) is 13.3 Å². The van der Waals surface area contributed by atoms with Gasteiger partial charge in [-0.3, -0.25) is 24.4 Å². The van der Waals surface area contributed by atoms with Crippen LogP contribution in [-0.2, 0) is 6.54 Å². The lowest BCUT2D eigenvalue weighted by Crippen LogP contribution is -2.34. The number of H-pyrrole nitrogens is 1. The molecule has 2 aromatic heterocycles. The van der Waals surface area contributed by atoms with Crippen LogP contribution in [0.5, 0.6) is 0 Å². The van der Waals surface area contributed by atoms with Gasteiger partial charge in [0.25, 0.3) is 5.56 Å². The molecule has 7 heteroatoms. The number of aromatic nitrogens is 3. The van der Waals surface area contributed by atoms with Gasteiger partial charge in [0.1, 0.15) is 5.82 Å². The van der Waals surface area contributed by atoms with Crippen LogP contribution in [0.3, 0.4) is 0 Å². The summed E-state index contributed by atoms with van der Waals surface area (Å²) in [7, 11) is 0. The smallest absolute Gasteiger partial charge is 0.330 e. The number of anilines is 2. The van der Waals surface area contributed by atoms with Crippen molar-refractivity contribution in [3.8, 4) is 0 Å². The Morgan fingerprint density at radius 2 is 2.00 bits per heavy atom. The second-order valence-corrected chi connectivity index (χ2v) is 3.87. The van der Waals surface area contributed by atoms with Crippen LogP contribution in [0.25, 0.3) is 0 Å². The Labute approximate surface area is 103 Å². The summed E-state index contributed by atoms with van der Waals surface area (Å²) in [5, 5.41) is 0. The molecule has 18 heavy (non-hydrogen) atoms. The van der Waals surface area contributed by atoms with Gasteiger partial charge in [0, 0.05) is 18.9 Å². The zero-order chi connectivity index (χ0) is 13.1. The van der Waals surface area contributed by atoms with Crippen molar-refractivity contribution in [3.63, 3.8) is 0 Å². The number of nitrogens with zero attached hydrogens (tertiary/aromatic N) is 2. The minimum absolute atomic E-state index is 0.138. The van der Waals surface area contributed by atoms with Crippen molar-refractivity contribution in [2.75, 3.05) is 11.2 Å². The summed E-state index contributed by atoms with van der Waals surface area (Å²) in [5.74, 6) is 0.138. The van der Waals surface area contributed by atoms with Crippen LogP contribution in [0.2, 0.25) is 0 Å². The van der Waals surface area contributed by atoms with E-state index in [4.69, 9.17) is 5.73 Å². The van der Waals surface area contributed by atoms with Crippen molar-refractivity contribution >= 4 is 11.5 Å². The van der Waals surface area contributed by atoms with E-state index in [0.717, 1.165) is 6.42 Å². The maximum Gasteiger partial charge on any atom is 0.330 e. The van der Waals surface area contributed by atoms with Crippen molar-refractivity contribution in [2.24, 2.45) is 0 Å². The van der Waals surface area contributed by atoms with E-state index in [1.165, 1.54) is 4.57 Å². The van der Waals surface area contributed by atoms with Crippen LogP contribution < -0.4 is 22.4 Å². The first kappa shape index (κ1) is 12.0. The molecular formula is C11H15N5O2. The van der Waals surface area contributed by atoms with Gasteiger partial charge in [-0.15, -0.1) is 0 Å². The van der Waals surface area contributed by atoms with Gasteiger partial charge in [0.15, 0.2) is 5.69 Å². The Morgan fingerprint density at radius 3 is 2.61 bits per heavy atom. The summed E-state index contributed by atoms with van der Waals surface area (Å²) in [6.45, 7) is 2.39. The van der Waals surface area contributed by atoms with E-state index in [9.17, 15) is 9.59 Å². The van der Waals surface area contributed by atoms with Crippen LogP contribution in [-0.4, -0.2) is 14.2 Å². The molecule has 0 aliphatic carbocycles. The second kappa shape index (κ2) is 4.82. The number of nitrogens with one attached hydrogen (secondary N) is 2. The normalized spacial score (nSPS) is 10.5. The fourth-order valence-corrected chi connectivity index (χ4v) is 1.68. The maximum absolute atomic E-state index is 11.7. The highest BCUT2D eigenvalue weighted by Gasteiger charge is 2.11. The highest BCUT2D eigenvalue weighted by atomic mass is 16.2.